The molecule has 0 amide bonds. The number of rotatable bonds is 3. The summed E-state index contributed by atoms with van der Waals surface area (Å²) in [6, 6.07) is 0. The summed E-state index contributed by atoms with van der Waals surface area (Å²) in [4.78, 5) is 0. The highest BCUT2D eigenvalue weighted by atomic mass is 28.3. The van der Waals surface area contributed by atoms with Crippen LogP contribution < -0.4 is 0 Å². The Morgan fingerprint density at radius 2 is 2.23 bits per heavy atom. The van der Waals surface area contributed by atoms with E-state index >= 15 is 0 Å². The molecule has 0 aliphatic heterocycles. The Balaban J connectivity index is 2.09. The summed E-state index contributed by atoms with van der Waals surface area (Å²) in [5, 5.41) is 0.616. The van der Waals surface area contributed by atoms with Crippen molar-refractivity contribution in [1.82, 2.24) is 0 Å². The van der Waals surface area contributed by atoms with E-state index < -0.39 is 8.80 Å². The predicted molar refractivity (Wildman–Crippen MR) is 58.8 cm³/mol. The van der Waals surface area contributed by atoms with E-state index in [0.29, 0.717) is 11.1 Å². The summed E-state index contributed by atoms with van der Waals surface area (Å²) in [7, 11) is -0.547. The molecule has 0 radical (unpaired) electrons. The highest BCUT2D eigenvalue weighted by Crippen LogP contribution is 2.57. The van der Waals surface area contributed by atoms with Crippen molar-refractivity contribution in [3.05, 3.63) is 12.2 Å². The second kappa shape index (κ2) is 3.25. The molecule has 0 aromatic heterocycles. The first-order valence-electron chi connectivity index (χ1n) is 5.49. The molecule has 0 saturated heterocycles. The van der Waals surface area contributed by atoms with Crippen LogP contribution in [0.4, 0.5) is 0 Å². The van der Waals surface area contributed by atoms with Gasteiger partial charge in [0.1, 0.15) is 0 Å². The SMILES string of the molecule is CCOC1CC2([SiH](C)C)C=CC1C2. The lowest BCUT2D eigenvalue weighted by molar-refractivity contribution is 0.0459. The monoisotopic (exact) mass is 196 g/mol. The smallest absolute Gasteiger partial charge is 0.0643 e. The van der Waals surface area contributed by atoms with Gasteiger partial charge in [0.15, 0.2) is 0 Å². The highest BCUT2D eigenvalue weighted by Gasteiger charge is 2.49. The maximum Gasteiger partial charge on any atom is 0.0643 e. The van der Waals surface area contributed by atoms with Crippen LogP contribution in [0.1, 0.15) is 19.8 Å². The van der Waals surface area contributed by atoms with Crippen molar-refractivity contribution in [3.63, 3.8) is 0 Å². The van der Waals surface area contributed by atoms with Crippen LogP contribution in [0.15, 0.2) is 12.2 Å². The fourth-order valence-electron chi connectivity index (χ4n) is 2.88. The number of ether oxygens (including phenoxy) is 1. The van der Waals surface area contributed by atoms with E-state index in [1.165, 1.54) is 12.8 Å². The molecule has 1 saturated carbocycles. The first-order valence-corrected chi connectivity index (χ1v) is 8.37. The number of hydrogen-bond acceptors (Lipinski definition) is 1. The molecule has 0 spiro atoms. The molecule has 3 atom stereocenters. The Hall–Kier alpha value is -0.0831. The fourth-order valence-corrected chi connectivity index (χ4v) is 4.83. The molecular weight excluding hydrogens is 176 g/mol. The topological polar surface area (TPSA) is 9.23 Å². The molecule has 0 heterocycles. The van der Waals surface area contributed by atoms with Crippen molar-refractivity contribution in [1.29, 1.82) is 0 Å². The minimum absolute atomic E-state index is 0.546. The number of fused-ring (bicyclic) bond motifs is 2. The molecule has 13 heavy (non-hydrogen) atoms. The van der Waals surface area contributed by atoms with Crippen molar-refractivity contribution >= 4 is 8.80 Å². The van der Waals surface area contributed by atoms with Crippen LogP contribution in [0.5, 0.6) is 0 Å². The molecule has 74 valence electrons. The van der Waals surface area contributed by atoms with Crippen LogP contribution in [0.25, 0.3) is 0 Å². The Bertz CT molecular complexity index is 224. The van der Waals surface area contributed by atoms with Crippen molar-refractivity contribution in [3.8, 4) is 0 Å². The van der Waals surface area contributed by atoms with Crippen LogP contribution in [-0.2, 0) is 4.74 Å². The third-order valence-corrected chi connectivity index (χ3v) is 6.84. The van der Waals surface area contributed by atoms with Gasteiger partial charge in [-0.15, -0.1) is 0 Å². The van der Waals surface area contributed by atoms with Gasteiger partial charge >= 0.3 is 0 Å². The Morgan fingerprint density at radius 3 is 2.77 bits per heavy atom. The predicted octanol–water partition coefficient (Wildman–Crippen LogP) is 2.60. The summed E-state index contributed by atoms with van der Waals surface area (Å²) in [5.41, 5.74) is 0. The molecule has 2 rings (SSSR count). The molecule has 2 heteroatoms. The second-order valence-corrected chi connectivity index (χ2v) is 8.27. The van der Waals surface area contributed by atoms with Gasteiger partial charge in [0, 0.05) is 21.3 Å². The summed E-state index contributed by atoms with van der Waals surface area (Å²) in [6.07, 6.45) is 8.17. The van der Waals surface area contributed by atoms with Gasteiger partial charge < -0.3 is 4.74 Å². The van der Waals surface area contributed by atoms with E-state index in [1.807, 2.05) is 0 Å². The van der Waals surface area contributed by atoms with E-state index in [9.17, 15) is 0 Å². The third-order valence-electron chi connectivity index (χ3n) is 3.88. The van der Waals surface area contributed by atoms with Gasteiger partial charge in [0.25, 0.3) is 0 Å². The van der Waals surface area contributed by atoms with Crippen molar-refractivity contribution in [2.24, 2.45) is 5.92 Å². The van der Waals surface area contributed by atoms with E-state index in [-0.39, 0.29) is 0 Å². The molecule has 0 aromatic rings. The van der Waals surface area contributed by atoms with Crippen LogP contribution in [-0.4, -0.2) is 21.5 Å². The molecule has 0 aromatic carbocycles. The summed E-state index contributed by atoms with van der Waals surface area (Å²) in [5.74, 6) is 0.745. The molecule has 3 unspecified atom stereocenters. The standard InChI is InChI=1S/C11H20OSi/c1-4-12-10-8-11(13(2)3)6-5-9(10)7-11/h5-6,9-10,13H,4,7-8H2,1-3H3. The minimum Gasteiger partial charge on any atom is -0.378 e. The van der Waals surface area contributed by atoms with E-state index in [0.717, 1.165) is 12.5 Å². The van der Waals surface area contributed by atoms with Crippen LogP contribution in [0, 0.1) is 5.92 Å². The maximum atomic E-state index is 5.78. The Kier molecular flexibility index (Phi) is 2.36. The van der Waals surface area contributed by atoms with Gasteiger partial charge in [0.05, 0.1) is 6.10 Å². The zero-order valence-corrected chi connectivity index (χ0v) is 10.1. The lowest BCUT2D eigenvalue weighted by atomic mass is 10.0. The Morgan fingerprint density at radius 1 is 1.46 bits per heavy atom. The molecule has 0 N–H and O–H groups in total. The zero-order valence-electron chi connectivity index (χ0n) is 8.92. The molecule has 2 bridgehead atoms. The number of hydrogen-bond donors (Lipinski definition) is 0. The lowest BCUT2D eigenvalue weighted by Crippen LogP contribution is -2.25. The average Bonchev–Trinajstić information content (AvgIpc) is 2.63. The third kappa shape index (κ3) is 1.40. The van der Waals surface area contributed by atoms with Crippen molar-refractivity contribution in [2.45, 2.75) is 44.0 Å². The summed E-state index contributed by atoms with van der Waals surface area (Å²) < 4.78 is 5.78. The highest BCUT2D eigenvalue weighted by molar-refractivity contribution is 6.60. The van der Waals surface area contributed by atoms with E-state index in [2.05, 4.69) is 32.2 Å². The van der Waals surface area contributed by atoms with Gasteiger partial charge in [-0.3, -0.25) is 0 Å². The van der Waals surface area contributed by atoms with Gasteiger partial charge in [-0.1, -0.05) is 25.2 Å². The number of allylic oxidation sites excluding steroid dienone is 1. The van der Waals surface area contributed by atoms with Crippen LogP contribution >= 0.6 is 0 Å². The quantitative estimate of drug-likeness (QED) is 0.498. The van der Waals surface area contributed by atoms with Crippen LogP contribution in [0.3, 0.4) is 0 Å². The average molecular weight is 196 g/mol. The first-order chi connectivity index (χ1) is 6.18. The van der Waals surface area contributed by atoms with Gasteiger partial charge in [0.2, 0.25) is 0 Å². The maximum absolute atomic E-state index is 5.78. The molecule has 2 aliphatic carbocycles. The van der Waals surface area contributed by atoms with Crippen LogP contribution in [0.2, 0.25) is 18.1 Å². The zero-order chi connectivity index (χ0) is 9.47. The molecular formula is C11H20OSi. The normalized spacial score (nSPS) is 42.2. The van der Waals surface area contributed by atoms with Gasteiger partial charge in [-0.2, -0.15) is 0 Å². The second-order valence-electron chi connectivity index (χ2n) is 4.81. The van der Waals surface area contributed by atoms with E-state index in [4.69, 9.17) is 4.74 Å². The Labute approximate surface area is 82.8 Å². The van der Waals surface area contributed by atoms with Gasteiger partial charge in [-0.05, 0) is 24.8 Å². The van der Waals surface area contributed by atoms with Gasteiger partial charge in [-0.25, -0.2) is 0 Å². The molecule has 2 aliphatic rings. The van der Waals surface area contributed by atoms with E-state index in [1.54, 1.807) is 0 Å². The fraction of sp³-hybridized carbons (Fsp3) is 0.818. The summed E-state index contributed by atoms with van der Waals surface area (Å²) >= 11 is 0. The van der Waals surface area contributed by atoms with Crippen molar-refractivity contribution < 1.29 is 4.74 Å². The molecule has 1 fully saturated rings. The largest absolute Gasteiger partial charge is 0.378 e. The summed E-state index contributed by atoms with van der Waals surface area (Å²) in [6.45, 7) is 7.93. The minimum atomic E-state index is -0.547. The first kappa shape index (κ1) is 9.47. The van der Waals surface area contributed by atoms with Crippen molar-refractivity contribution in [2.75, 3.05) is 6.61 Å². The molecule has 1 nitrogen and oxygen atoms in total. The lowest BCUT2D eigenvalue weighted by Gasteiger charge is -2.29.